The summed E-state index contributed by atoms with van der Waals surface area (Å²) in [4.78, 5) is 10.9. The maximum Gasteiger partial charge on any atom is 0.137 e. The lowest BCUT2D eigenvalue weighted by Gasteiger charge is -2.58. The Bertz CT molecular complexity index is 226. The fraction of sp³-hybridized carbons (Fsp3) is 0.917. The molecule has 0 spiro atoms. The second-order valence-corrected chi connectivity index (χ2v) is 5.94. The zero-order valence-electron chi connectivity index (χ0n) is 8.61. The van der Waals surface area contributed by atoms with Crippen molar-refractivity contribution in [1.29, 1.82) is 0 Å². The van der Waals surface area contributed by atoms with E-state index >= 15 is 0 Å². The van der Waals surface area contributed by atoms with E-state index in [1.54, 1.807) is 0 Å². The van der Waals surface area contributed by atoms with Crippen LogP contribution in [-0.2, 0) is 4.79 Å². The van der Waals surface area contributed by atoms with E-state index in [1.165, 1.54) is 38.5 Å². The molecule has 14 heavy (non-hydrogen) atoms. The second-order valence-electron chi connectivity index (χ2n) is 5.94. The highest BCUT2D eigenvalue weighted by Crippen LogP contribution is 2.60. The quantitative estimate of drug-likeness (QED) is 0.679. The maximum absolute atomic E-state index is 10.9. The van der Waals surface area contributed by atoms with E-state index in [9.17, 15) is 4.79 Å². The lowest BCUT2D eigenvalue weighted by molar-refractivity contribution is -0.119. The van der Waals surface area contributed by atoms with Crippen LogP contribution in [0.15, 0.2) is 0 Å². The van der Waals surface area contributed by atoms with Crippen LogP contribution < -0.4 is 5.73 Å². The molecule has 0 aromatic heterocycles. The first kappa shape index (κ1) is 8.90. The molecule has 1 atom stereocenters. The predicted molar refractivity (Wildman–Crippen MR) is 54.6 cm³/mol. The van der Waals surface area contributed by atoms with E-state index in [0.29, 0.717) is 0 Å². The normalized spacial score (nSPS) is 51.9. The van der Waals surface area contributed by atoms with Gasteiger partial charge >= 0.3 is 0 Å². The van der Waals surface area contributed by atoms with Crippen molar-refractivity contribution >= 4 is 6.29 Å². The number of rotatable bonds is 2. The highest BCUT2D eigenvalue weighted by Gasteiger charge is 2.53. The molecule has 4 aliphatic carbocycles. The van der Waals surface area contributed by atoms with E-state index in [2.05, 4.69) is 0 Å². The van der Waals surface area contributed by atoms with E-state index in [0.717, 1.165) is 24.0 Å². The summed E-state index contributed by atoms with van der Waals surface area (Å²) in [6.45, 7) is 0. The van der Waals surface area contributed by atoms with Crippen LogP contribution in [0.5, 0.6) is 0 Å². The molecule has 4 bridgehead atoms. The number of nitrogens with two attached hydrogens (primary N) is 1. The van der Waals surface area contributed by atoms with Gasteiger partial charge in [-0.2, -0.15) is 0 Å². The van der Waals surface area contributed by atoms with Gasteiger partial charge in [-0.3, -0.25) is 0 Å². The molecular weight excluding hydrogens is 174 g/mol. The standard InChI is InChI=1S/C12H19NO/c13-11(7-14)12-4-8-1-9(5-12)3-10(2-8)6-12/h7-11H,1-6,13H2/t8?,9?,10?,11-,12?/m1/s1. The third-order valence-electron chi connectivity index (χ3n) is 4.94. The van der Waals surface area contributed by atoms with E-state index < -0.39 is 0 Å². The van der Waals surface area contributed by atoms with Gasteiger partial charge in [0.1, 0.15) is 6.29 Å². The smallest absolute Gasteiger partial charge is 0.137 e. The molecule has 4 saturated carbocycles. The molecule has 0 heterocycles. The Morgan fingerprint density at radius 1 is 1.07 bits per heavy atom. The van der Waals surface area contributed by atoms with Gasteiger partial charge in [-0.15, -0.1) is 0 Å². The Balaban J connectivity index is 1.90. The molecule has 2 N–H and O–H groups in total. The number of aldehydes is 1. The SMILES string of the molecule is N[C@H](C=O)C12CC3CC(CC(C3)C1)C2. The Morgan fingerprint density at radius 3 is 1.86 bits per heavy atom. The van der Waals surface area contributed by atoms with Gasteiger partial charge in [0.15, 0.2) is 0 Å². The molecule has 0 aromatic carbocycles. The van der Waals surface area contributed by atoms with Crippen molar-refractivity contribution in [3.8, 4) is 0 Å². The highest BCUT2D eigenvalue weighted by atomic mass is 16.1. The minimum atomic E-state index is -0.184. The molecular formula is C12H19NO. The zero-order chi connectivity index (χ0) is 9.76. The molecule has 0 radical (unpaired) electrons. The van der Waals surface area contributed by atoms with E-state index in [-0.39, 0.29) is 11.5 Å². The molecule has 78 valence electrons. The lowest BCUT2D eigenvalue weighted by atomic mass is 9.48. The van der Waals surface area contributed by atoms with Crippen LogP contribution in [0.1, 0.15) is 38.5 Å². The van der Waals surface area contributed by atoms with Gasteiger partial charge in [0.2, 0.25) is 0 Å². The molecule has 4 rings (SSSR count). The predicted octanol–water partition coefficient (Wildman–Crippen LogP) is 1.73. The van der Waals surface area contributed by atoms with Gasteiger partial charge in [0, 0.05) is 0 Å². The van der Waals surface area contributed by atoms with Crippen molar-refractivity contribution < 1.29 is 4.79 Å². The molecule has 2 heteroatoms. The summed E-state index contributed by atoms with van der Waals surface area (Å²) in [5.74, 6) is 2.69. The van der Waals surface area contributed by atoms with Gasteiger partial charge in [0.25, 0.3) is 0 Å². The van der Waals surface area contributed by atoms with Gasteiger partial charge in [0.05, 0.1) is 6.04 Å². The average Bonchev–Trinajstić information content (AvgIpc) is 2.14. The molecule has 4 fully saturated rings. The number of hydrogen-bond acceptors (Lipinski definition) is 2. The van der Waals surface area contributed by atoms with Crippen LogP contribution in [0.4, 0.5) is 0 Å². The summed E-state index contributed by atoms with van der Waals surface area (Å²) in [5, 5.41) is 0. The molecule has 4 aliphatic rings. The van der Waals surface area contributed by atoms with Crippen molar-refractivity contribution in [3.05, 3.63) is 0 Å². The van der Waals surface area contributed by atoms with Crippen molar-refractivity contribution in [2.24, 2.45) is 28.9 Å². The Kier molecular flexibility index (Phi) is 1.79. The molecule has 0 saturated heterocycles. The zero-order valence-corrected chi connectivity index (χ0v) is 8.61. The molecule has 0 aliphatic heterocycles. The Morgan fingerprint density at radius 2 is 1.50 bits per heavy atom. The average molecular weight is 193 g/mol. The maximum atomic E-state index is 10.9. The molecule has 0 aromatic rings. The number of carbonyl (C=O) groups is 1. The van der Waals surface area contributed by atoms with Crippen molar-refractivity contribution in [2.45, 2.75) is 44.6 Å². The first-order chi connectivity index (χ1) is 6.72. The first-order valence-electron chi connectivity index (χ1n) is 5.93. The summed E-state index contributed by atoms with van der Waals surface area (Å²) < 4.78 is 0. The minimum Gasteiger partial charge on any atom is -0.321 e. The van der Waals surface area contributed by atoms with Crippen LogP contribution in [0.25, 0.3) is 0 Å². The van der Waals surface area contributed by atoms with Crippen molar-refractivity contribution in [1.82, 2.24) is 0 Å². The topological polar surface area (TPSA) is 43.1 Å². The van der Waals surface area contributed by atoms with E-state index in [1.807, 2.05) is 0 Å². The summed E-state index contributed by atoms with van der Waals surface area (Å²) in [7, 11) is 0. The highest BCUT2D eigenvalue weighted by molar-refractivity contribution is 5.59. The Hall–Kier alpha value is -0.370. The van der Waals surface area contributed by atoms with Crippen LogP contribution in [0.2, 0.25) is 0 Å². The van der Waals surface area contributed by atoms with Gasteiger partial charge in [-0.1, -0.05) is 0 Å². The second kappa shape index (κ2) is 2.82. The fourth-order valence-corrected chi connectivity index (χ4v) is 4.73. The van der Waals surface area contributed by atoms with Gasteiger partial charge in [-0.25, -0.2) is 0 Å². The number of carbonyl (C=O) groups excluding carboxylic acids is 1. The monoisotopic (exact) mass is 193 g/mol. The minimum absolute atomic E-state index is 0.184. The van der Waals surface area contributed by atoms with Crippen LogP contribution in [-0.4, -0.2) is 12.3 Å². The fourth-order valence-electron chi connectivity index (χ4n) is 4.73. The Labute approximate surface area is 85.2 Å². The summed E-state index contributed by atoms with van der Waals surface area (Å²) >= 11 is 0. The van der Waals surface area contributed by atoms with Gasteiger partial charge in [-0.05, 0) is 61.7 Å². The van der Waals surface area contributed by atoms with Crippen LogP contribution >= 0.6 is 0 Å². The largest absolute Gasteiger partial charge is 0.321 e. The first-order valence-corrected chi connectivity index (χ1v) is 5.93. The summed E-state index contributed by atoms with van der Waals surface area (Å²) in [6.07, 6.45) is 8.96. The van der Waals surface area contributed by atoms with Crippen LogP contribution in [0, 0.1) is 23.2 Å². The molecule has 0 amide bonds. The molecule has 0 unspecified atom stereocenters. The third kappa shape index (κ3) is 1.10. The van der Waals surface area contributed by atoms with Crippen molar-refractivity contribution in [3.63, 3.8) is 0 Å². The van der Waals surface area contributed by atoms with Crippen LogP contribution in [0.3, 0.4) is 0 Å². The number of hydrogen-bond donors (Lipinski definition) is 1. The third-order valence-corrected chi connectivity index (χ3v) is 4.94. The van der Waals surface area contributed by atoms with Crippen molar-refractivity contribution in [2.75, 3.05) is 0 Å². The van der Waals surface area contributed by atoms with Gasteiger partial charge < -0.3 is 10.5 Å². The summed E-state index contributed by atoms with van der Waals surface area (Å²) in [6, 6.07) is -0.184. The molecule has 2 nitrogen and oxygen atoms in total. The summed E-state index contributed by atoms with van der Waals surface area (Å²) in [5.41, 5.74) is 6.22. The van der Waals surface area contributed by atoms with E-state index in [4.69, 9.17) is 5.73 Å². The lowest BCUT2D eigenvalue weighted by Crippen LogP contribution is -2.55.